The highest BCUT2D eigenvalue weighted by Crippen LogP contribution is 2.38. The van der Waals surface area contributed by atoms with Crippen molar-refractivity contribution in [3.05, 3.63) is 63.2 Å². The third-order valence-corrected chi connectivity index (χ3v) is 5.44. The van der Waals surface area contributed by atoms with Gasteiger partial charge in [-0.2, -0.15) is 0 Å². The molecule has 0 aliphatic carbocycles. The molecule has 9 heteroatoms. The number of rotatable bonds is 7. The fourth-order valence-corrected chi connectivity index (χ4v) is 3.80. The maximum atomic E-state index is 12.9. The van der Waals surface area contributed by atoms with Crippen LogP contribution in [-0.4, -0.2) is 48.9 Å². The Hall–Kier alpha value is -3.62. The topological polar surface area (TPSA) is 111 Å². The Labute approximate surface area is 180 Å². The summed E-state index contributed by atoms with van der Waals surface area (Å²) in [4.78, 5) is 37.6. The van der Waals surface area contributed by atoms with E-state index in [9.17, 15) is 19.7 Å². The van der Waals surface area contributed by atoms with E-state index in [0.29, 0.717) is 23.6 Å². The molecule has 1 atom stereocenters. The highest BCUT2D eigenvalue weighted by atomic mass is 16.6. The second-order valence-electron chi connectivity index (χ2n) is 7.29. The van der Waals surface area contributed by atoms with Gasteiger partial charge in [-0.15, -0.1) is 0 Å². The zero-order valence-electron chi connectivity index (χ0n) is 17.7. The average molecular weight is 427 g/mol. The number of carbonyl (C=O) groups is 2. The first-order valence-corrected chi connectivity index (χ1v) is 9.90. The maximum Gasteiger partial charge on any atom is 0.273 e. The summed E-state index contributed by atoms with van der Waals surface area (Å²) in [6.45, 7) is 1.96. The molecule has 31 heavy (non-hydrogen) atoms. The monoisotopic (exact) mass is 427 g/mol. The Balaban J connectivity index is 1.71. The van der Waals surface area contributed by atoms with E-state index >= 15 is 0 Å². The number of hydrogen-bond acceptors (Lipinski definition) is 6. The van der Waals surface area contributed by atoms with Crippen LogP contribution in [0.1, 0.15) is 40.4 Å². The third kappa shape index (κ3) is 4.76. The molecule has 2 aromatic rings. The number of carbonyl (C=O) groups excluding carboxylic acids is 2. The van der Waals surface area contributed by atoms with Crippen molar-refractivity contribution in [2.24, 2.45) is 0 Å². The summed E-state index contributed by atoms with van der Waals surface area (Å²) in [5, 5.41) is 13.7. The first kappa shape index (κ1) is 22.1. The van der Waals surface area contributed by atoms with Crippen LogP contribution in [0, 0.1) is 17.0 Å². The number of ether oxygens (including phenoxy) is 2. The molecule has 1 N–H and O–H groups in total. The van der Waals surface area contributed by atoms with Crippen LogP contribution in [0.2, 0.25) is 0 Å². The summed E-state index contributed by atoms with van der Waals surface area (Å²) in [5.41, 5.74) is 1.32. The van der Waals surface area contributed by atoms with E-state index in [4.69, 9.17) is 9.47 Å². The molecule has 2 amide bonds. The van der Waals surface area contributed by atoms with Gasteiger partial charge in [0.05, 0.1) is 31.7 Å². The molecule has 3 rings (SSSR count). The standard InChI is InChI=1S/C22H25N3O6/c1-14-6-7-15(11-19(14)25(28)29)22(27)23-13-21(26)24-10-4-5-18(24)17-12-16(30-2)8-9-20(17)31-3/h6-9,11-12,18H,4-5,10,13H2,1-3H3,(H,23,27)/t18-/m0/s1. The molecule has 1 heterocycles. The Morgan fingerprint density at radius 1 is 1.19 bits per heavy atom. The smallest absolute Gasteiger partial charge is 0.273 e. The van der Waals surface area contributed by atoms with Crippen LogP contribution in [0.25, 0.3) is 0 Å². The molecule has 164 valence electrons. The summed E-state index contributed by atoms with van der Waals surface area (Å²) in [6.07, 6.45) is 1.60. The first-order chi connectivity index (χ1) is 14.8. The van der Waals surface area contributed by atoms with Crippen molar-refractivity contribution < 1.29 is 24.0 Å². The zero-order valence-corrected chi connectivity index (χ0v) is 17.7. The van der Waals surface area contributed by atoms with Crippen LogP contribution < -0.4 is 14.8 Å². The highest BCUT2D eigenvalue weighted by molar-refractivity contribution is 5.97. The number of benzene rings is 2. The molecule has 1 aliphatic rings. The number of nitrogens with one attached hydrogen (secondary N) is 1. The predicted octanol–water partition coefficient (Wildman–Crippen LogP) is 3.01. The number of amides is 2. The Bertz CT molecular complexity index is 1010. The average Bonchev–Trinajstić information content (AvgIpc) is 3.26. The van der Waals surface area contributed by atoms with Gasteiger partial charge in [-0.05, 0) is 44.0 Å². The molecule has 1 saturated heterocycles. The minimum atomic E-state index is -0.536. The number of aryl methyl sites for hydroxylation is 1. The number of methoxy groups -OCH3 is 2. The van der Waals surface area contributed by atoms with E-state index in [-0.39, 0.29) is 29.7 Å². The number of hydrogen-bond donors (Lipinski definition) is 1. The van der Waals surface area contributed by atoms with Crippen molar-refractivity contribution in [1.82, 2.24) is 10.2 Å². The van der Waals surface area contributed by atoms with Gasteiger partial charge in [0.2, 0.25) is 5.91 Å². The number of nitrogens with zero attached hydrogens (tertiary/aromatic N) is 2. The Kier molecular flexibility index (Phi) is 6.74. The van der Waals surface area contributed by atoms with Gasteiger partial charge in [-0.1, -0.05) is 6.07 Å². The first-order valence-electron chi connectivity index (χ1n) is 9.90. The third-order valence-electron chi connectivity index (χ3n) is 5.44. The summed E-state index contributed by atoms with van der Waals surface area (Å²) in [5.74, 6) is 0.569. The van der Waals surface area contributed by atoms with Crippen molar-refractivity contribution in [1.29, 1.82) is 0 Å². The molecule has 9 nitrogen and oxygen atoms in total. The van der Waals surface area contributed by atoms with Crippen LogP contribution in [0.4, 0.5) is 5.69 Å². The second kappa shape index (κ2) is 9.46. The number of nitro groups is 1. The van der Waals surface area contributed by atoms with E-state index < -0.39 is 10.8 Å². The van der Waals surface area contributed by atoms with E-state index in [1.54, 1.807) is 38.2 Å². The van der Waals surface area contributed by atoms with Gasteiger partial charge in [0.1, 0.15) is 11.5 Å². The molecule has 0 aromatic heterocycles. The van der Waals surface area contributed by atoms with E-state index in [2.05, 4.69) is 5.32 Å². The van der Waals surface area contributed by atoms with Gasteiger partial charge in [0, 0.05) is 29.3 Å². The van der Waals surface area contributed by atoms with E-state index in [0.717, 1.165) is 18.4 Å². The number of likely N-dealkylation sites (tertiary alicyclic amines) is 1. The highest BCUT2D eigenvalue weighted by Gasteiger charge is 2.32. The molecule has 0 spiro atoms. The summed E-state index contributed by atoms with van der Waals surface area (Å²) < 4.78 is 10.8. The molecule has 0 bridgehead atoms. The molecule has 0 saturated carbocycles. The molecule has 2 aromatic carbocycles. The van der Waals surface area contributed by atoms with Crippen molar-refractivity contribution in [3.63, 3.8) is 0 Å². The van der Waals surface area contributed by atoms with Gasteiger partial charge < -0.3 is 19.7 Å². The van der Waals surface area contributed by atoms with Gasteiger partial charge in [0.15, 0.2) is 0 Å². The van der Waals surface area contributed by atoms with Crippen LogP contribution in [-0.2, 0) is 4.79 Å². The molecular formula is C22H25N3O6. The molecule has 0 radical (unpaired) electrons. The van der Waals surface area contributed by atoms with Gasteiger partial charge in [-0.3, -0.25) is 19.7 Å². The second-order valence-corrected chi connectivity index (χ2v) is 7.29. The summed E-state index contributed by atoms with van der Waals surface area (Å²) in [7, 11) is 3.15. The predicted molar refractivity (Wildman–Crippen MR) is 113 cm³/mol. The number of nitro benzene ring substituents is 1. The fraction of sp³-hybridized carbons (Fsp3) is 0.364. The lowest BCUT2D eigenvalue weighted by Gasteiger charge is -2.27. The lowest BCUT2D eigenvalue weighted by molar-refractivity contribution is -0.385. The van der Waals surface area contributed by atoms with Gasteiger partial charge in [0.25, 0.3) is 11.6 Å². The van der Waals surface area contributed by atoms with Crippen LogP contribution in [0.5, 0.6) is 11.5 Å². The van der Waals surface area contributed by atoms with Crippen molar-refractivity contribution in [2.75, 3.05) is 27.3 Å². The van der Waals surface area contributed by atoms with Crippen LogP contribution in [0.3, 0.4) is 0 Å². The quantitative estimate of drug-likeness (QED) is 0.537. The van der Waals surface area contributed by atoms with Gasteiger partial charge >= 0.3 is 0 Å². The minimum absolute atomic E-state index is 0.135. The molecule has 0 unspecified atom stereocenters. The summed E-state index contributed by atoms with van der Waals surface area (Å²) in [6, 6.07) is 9.51. The van der Waals surface area contributed by atoms with Crippen molar-refractivity contribution in [2.45, 2.75) is 25.8 Å². The lowest BCUT2D eigenvalue weighted by Crippen LogP contribution is -2.40. The van der Waals surface area contributed by atoms with E-state index in [1.165, 1.54) is 18.2 Å². The van der Waals surface area contributed by atoms with E-state index in [1.807, 2.05) is 6.07 Å². The fourth-order valence-electron chi connectivity index (χ4n) is 3.80. The van der Waals surface area contributed by atoms with Crippen LogP contribution in [0.15, 0.2) is 36.4 Å². The Morgan fingerprint density at radius 2 is 1.97 bits per heavy atom. The lowest BCUT2D eigenvalue weighted by atomic mass is 10.0. The Morgan fingerprint density at radius 3 is 2.65 bits per heavy atom. The SMILES string of the molecule is COc1ccc(OC)c([C@@H]2CCCN2C(=O)CNC(=O)c2ccc(C)c([N+](=O)[O-])c2)c1. The normalized spacial score (nSPS) is 15.5. The minimum Gasteiger partial charge on any atom is -0.497 e. The van der Waals surface area contributed by atoms with Gasteiger partial charge in [-0.25, -0.2) is 0 Å². The largest absolute Gasteiger partial charge is 0.497 e. The summed E-state index contributed by atoms with van der Waals surface area (Å²) >= 11 is 0. The van der Waals surface area contributed by atoms with Crippen molar-refractivity contribution >= 4 is 17.5 Å². The van der Waals surface area contributed by atoms with Crippen molar-refractivity contribution in [3.8, 4) is 11.5 Å². The zero-order chi connectivity index (χ0) is 22.5. The van der Waals surface area contributed by atoms with Crippen LogP contribution >= 0.6 is 0 Å². The molecule has 1 aliphatic heterocycles. The maximum absolute atomic E-state index is 12.9. The molecule has 1 fully saturated rings. The molecular weight excluding hydrogens is 402 g/mol.